The predicted molar refractivity (Wildman–Crippen MR) is 116 cm³/mol. The fraction of sp³-hybridized carbons (Fsp3) is 0.190. The number of benzene rings is 2. The Labute approximate surface area is 173 Å². The van der Waals surface area contributed by atoms with E-state index < -0.39 is 0 Å². The predicted octanol–water partition coefficient (Wildman–Crippen LogP) is 4.68. The van der Waals surface area contributed by atoms with Crippen LogP contribution < -0.4 is 20.7 Å². The van der Waals surface area contributed by atoms with Crippen LogP contribution in [0.25, 0.3) is 0 Å². The van der Waals surface area contributed by atoms with E-state index in [2.05, 4.69) is 20.9 Å². The van der Waals surface area contributed by atoms with E-state index in [1.807, 2.05) is 38.1 Å². The van der Waals surface area contributed by atoms with E-state index in [-0.39, 0.29) is 18.4 Å². The van der Waals surface area contributed by atoms with Crippen LogP contribution in [0.15, 0.2) is 53.9 Å². The molecule has 1 heterocycles. The molecule has 8 heteroatoms. The second kappa shape index (κ2) is 9.70. The van der Waals surface area contributed by atoms with Crippen molar-refractivity contribution in [3.05, 3.63) is 65.2 Å². The van der Waals surface area contributed by atoms with Crippen LogP contribution in [-0.2, 0) is 11.2 Å². The fourth-order valence-electron chi connectivity index (χ4n) is 2.51. The molecule has 0 aliphatic rings. The molecule has 0 saturated carbocycles. The van der Waals surface area contributed by atoms with Crippen LogP contribution in [0.2, 0.25) is 0 Å². The van der Waals surface area contributed by atoms with Gasteiger partial charge in [-0.3, -0.25) is 10.1 Å². The standard InChI is InChI=1S/C21H22N4O3S/c1-3-28-18-10-8-15(9-11-18)22-19(26)12-17-13-29-21(24-17)25-20(27)23-16-6-4-14(2)5-7-16/h4-11,13H,3,12H2,1-2H3,(H,22,26)(H2,23,24,25,27). The highest BCUT2D eigenvalue weighted by molar-refractivity contribution is 7.14. The maximum Gasteiger partial charge on any atom is 0.325 e. The second-order valence-corrected chi connectivity index (χ2v) is 7.13. The van der Waals surface area contributed by atoms with Gasteiger partial charge in [0.1, 0.15) is 5.75 Å². The highest BCUT2D eigenvalue weighted by atomic mass is 32.1. The SMILES string of the molecule is CCOc1ccc(NC(=O)Cc2csc(NC(=O)Nc3ccc(C)cc3)n2)cc1. The molecule has 0 aliphatic carbocycles. The molecule has 0 spiro atoms. The van der Waals surface area contributed by atoms with E-state index in [0.717, 1.165) is 11.3 Å². The second-order valence-electron chi connectivity index (χ2n) is 6.27. The van der Waals surface area contributed by atoms with Crippen molar-refractivity contribution in [3.63, 3.8) is 0 Å². The van der Waals surface area contributed by atoms with E-state index in [1.165, 1.54) is 11.3 Å². The first-order valence-corrected chi connectivity index (χ1v) is 10.0. The number of urea groups is 1. The van der Waals surface area contributed by atoms with Gasteiger partial charge in [0.15, 0.2) is 5.13 Å². The Bertz CT molecular complexity index is 968. The number of anilines is 3. The van der Waals surface area contributed by atoms with Crippen molar-refractivity contribution in [2.45, 2.75) is 20.3 Å². The number of hydrogen-bond donors (Lipinski definition) is 3. The van der Waals surface area contributed by atoms with Crippen molar-refractivity contribution in [1.82, 2.24) is 4.98 Å². The zero-order valence-corrected chi connectivity index (χ0v) is 17.0. The minimum absolute atomic E-state index is 0.116. The first-order valence-electron chi connectivity index (χ1n) is 9.13. The summed E-state index contributed by atoms with van der Waals surface area (Å²) < 4.78 is 5.38. The van der Waals surface area contributed by atoms with E-state index in [1.54, 1.807) is 29.6 Å². The Morgan fingerprint density at radius 2 is 1.62 bits per heavy atom. The molecule has 0 radical (unpaired) electrons. The Morgan fingerprint density at radius 1 is 0.966 bits per heavy atom. The zero-order valence-electron chi connectivity index (χ0n) is 16.2. The summed E-state index contributed by atoms with van der Waals surface area (Å²) in [6.45, 7) is 4.49. The summed E-state index contributed by atoms with van der Waals surface area (Å²) in [4.78, 5) is 28.6. The lowest BCUT2D eigenvalue weighted by Gasteiger charge is -2.06. The topological polar surface area (TPSA) is 92.4 Å². The van der Waals surface area contributed by atoms with E-state index in [4.69, 9.17) is 4.74 Å². The van der Waals surface area contributed by atoms with Crippen LogP contribution in [0.3, 0.4) is 0 Å². The molecule has 7 nitrogen and oxygen atoms in total. The summed E-state index contributed by atoms with van der Waals surface area (Å²) in [5.41, 5.74) is 3.08. The van der Waals surface area contributed by atoms with Crippen molar-refractivity contribution in [2.24, 2.45) is 0 Å². The van der Waals surface area contributed by atoms with Crippen LogP contribution >= 0.6 is 11.3 Å². The molecule has 150 valence electrons. The molecule has 2 aromatic carbocycles. The van der Waals surface area contributed by atoms with Gasteiger partial charge in [0.05, 0.1) is 18.7 Å². The Hall–Kier alpha value is -3.39. The molecule has 3 amide bonds. The largest absolute Gasteiger partial charge is 0.494 e. The zero-order chi connectivity index (χ0) is 20.6. The van der Waals surface area contributed by atoms with Crippen molar-refractivity contribution >= 4 is 39.8 Å². The maximum atomic E-state index is 12.2. The van der Waals surface area contributed by atoms with Gasteiger partial charge in [0.25, 0.3) is 0 Å². The summed E-state index contributed by atoms with van der Waals surface area (Å²) in [6, 6.07) is 14.3. The van der Waals surface area contributed by atoms with Crippen molar-refractivity contribution in [2.75, 3.05) is 22.6 Å². The van der Waals surface area contributed by atoms with Crippen molar-refractivity contribution in [1.29, 1.82) is 0 Å². The molecular formula is C21H22N4O3S. The minimum Gasteiger partial charge on any atom is -0.494 e. The van der Waals surface area contributed by atoms with Crippen LogP contribution in [0.5, 0.6) is 5.75 Å². The molecule has 0 aliphatic heterocycles. The molecule has 3 aromatic rings. The lowest BCUT2D eigenvalue weighted by atomic mass is 10.2. The molecule has 29 heavy (non-hydrogen) atoms. The number of aromatic nitrogens is 1. The molecular weight excluding hydrogens is 388 g/mol. The van der Waals surface area contributed by atoms with Crippen molar-refractivity contribution in [3.8, 4) is 5.75 Å². The van der Waals surface area contributed by atoms with Crippen molar-refractivity contribution < 1.29 is 14.3 Å². The fourth-order valence-corrected chi connectivity index (χ4v) is 3.22. The van der Waals surface area contributed by atoms with E-state index >= 15 is 0 Å². The summed E-state index contributed by atoms with van der Waals surface area (Å²) in [5.74, 6) is 0.569. The molecule has 0 fully saturated rings. The monoisotopic (exact) mass is 410 g/mol. The Kier molecular flexibility index (Phi) is 6.80. The lowest BCUT2D eigenvalue weighted by molar-refractivity contribution is -0.115. The Morgan fingerprint density at radius 3 is 2.31 bits per heavy atom. The number of rotatable bonds is 7. The van der Waals surface area contributed by atoms with E-state index in [0.29, 0.717) is 28.8 Å². The first-order chi connectivity index (χ1) is 14.0. The molecule has 0 saturated heterocycles. The third kappa shape index (κ3) is 6.32. The summed E-state index contributed by atoms with van der Waals surface area (Å²) in [6.07, 6.45) is 0.116. The smallest absolute Gasteiger partial charge is 0.325 e. The Balaban J connectivity index is 1.49. The van der Waals surface area contributed by atoms with Gasteiger partial charge in [-0.25, -0.2) is 9.78 Å². The van der Waals surface area contributed by atoms with Gasteiger partial charge >= 0.3 is 6.03 Å². The number of amides is 3. The number of hydrogen-bond acceptors (Lipinski definition) is 5. The quantitative estimate of drug-likeness (QED) is 0.527. The summed E-state index contributed by atoms with van der Waals surface area (Å²) in [5, 5.41) is 10.4. The number of ether oxygens (including phenoxy) is 1. The molecule has 0 atom stereocenters. The normalized spacial score (nSPS) is 10.3. The van der Waals surface area contributed by atoms with Crippen LogP contribution in [0.1, 0.15) is 18.2 Å². The van der Waals surface area contributed by atoms with Crippen LogP contribution in [0.4, 0.5) is 21.3 Å². The number of aryl methyl sites for hydroxylation is 1. The lowest BCUT2D eigenvalue weighted by Crippen LogP contribution is -2.19. The molecule has 3 rings (SSSR count). The van der Waals surface area contributed by atoms with Gasteiger partial charge in [-0.15, -0.1) is 11.3 Å². The number of thiazole rings is 1. The minimum atomic E-state index is -0.381. The maximum absolute atomic E-state index is 12.2. The average molecular weight is 410 g/mol. The van der Waals surface area contributed by atoms with E-state index in [9.17, 15) is 9.59 Å². The highest BCUT2D eigenvalue weighted by Crippen LogP contribution is 2.18. The summed E-state index contributed by atoms with van der Waals surface area (Å²) >= 11 is 1.27. The number of nitrogens with one attached hydrogen (secondary N) is 3. The van der Waals surface area contributed by atoms with Gasteiger partial charge in [0, 0.05) is 16.8 Å². The number of nitrogens with zero attached hydrogens (tertiary/aromatic N) is 1. The summed E-state index contributed by atoms with van der Waals surface area (Å²) in [7, 11) is 0. The average Bonchev–Trinajstić information content (AvgIpc) is 3.12. The van der Waals surface area contributed by atoms with Crippen LogP contribution in [-0.4, -0.2) is 23.5 Å². The van der Waals surface area contributed by atoms with Gasteiger partial charge in [-0.2, -0.15) is 0 Å². The molecule has 0 unspecified atom stereocenters. The van der Waals surface area contributed by atoms with Gasteiger partial charge in [-0.05, 0) is 50.2 Å². The third-order valence-corrected chi connectivity index (χ3v) is 4.68. The highest BCUT2D eigenvalue weighted by Gasteiger charge is 2.10. The van der Waals surface area contributed by atoms with Crippen LogP contribution in [0, 0.1) is 6.92 Å². The first kappa shape index (κ1) is 20.3. The van der Waals surface area contributed by atoms with Gasteiger partial charge in [-0.1, -0.05) is 17.7 Å². The number of carbonyl (C=O) groups is 2. The number of carbonyl (C=O) groups excluding carboxylic acids is 2. The van der Waals surface area contributed by atoms with Gasteiger partial charge < -0.3 is 15.4 Å². The molecule has 0 bridgehead atoms. The van der Waals surface area contributed by atoms with Gasteiger partial charge in [0.2, 0.25) is 5.91 Å². The molecule has 1 aromatic heterocycles. The third-order valence-electron chi connectivity index (χ3n) is 3.87. The molecule has 3 N–H and O–H groups in total.